The highest BCUT2D eigenvalue weighted by Gasteiger charge is 2.31. The van der Waals surface area contributed by atoms with Gasteiger partial charge in [0.05, 0.1) is 20.1 Å². The van der Waals surface area contributed by atoms with E-state index in [1.807, 2.05) is 17.0 Å². The maximum absolute atomic E-state index is 13.0. The fraction of sp³-hybridized carbons (Fsp3) is 0.632. The summed E-state index contributed by atoms with van der Waals surface area (Å²) < 4.78 is 10.8. The minimum atomic E-state index is 0.0991. The van der Waals surface area contributed by atoms with Crippen LogP contribution < -0.4 is 15.2 Å². The van der Waals surface area contributed by atoms with Gasteiger partial charge in [-0.05, 0) is 49.1 Å². The molecule has 3 rings (SSSR count). The van der Waals surface area contributed by atoms with Crippen LogP contribution in [0.5, 0.6) is 11.5 Å². The molecule has 1 aromatic carbocycles. The topological polar surface area (TPSA) is 68.0 Å². The van der Waals surface area contributed by atoms with E-state index in [-0.39, 0.29) is 11.8 Å². The van der Waals surface area contributed by atoms with Crippen LogP contribution in [0.25, 0.3) is 0 Å². The maximum atomic E-state index is 13.0. The lowest BCUT2D eigenvalue weighted by Crippen LogP contribution is -2.47. The van der Waals surface area contributed by atoms with Crippen LogP contribution in [0.15, 0.2) is 12.1 Å². The number of rotatable bonds is 5. The Hall–Kier alpha value is -1.79. The molecule has 0 aliphatic carbocycles. The van der Waals surface area contributed by atoms with Crippen LogP contribution in [0.4, 0.5) is 0 Å². The van der Waals surface area contributed by atoms with Crippen LogP contribution >= 0.6 is 0 Å². The standard InChI is InChI=1S/C19H29N3O3/c1-24-17-10-14-5-8-22(13-16(14)11-18(17)25-2)19(23)15-4-3-7-21(12-15)9-6-20/h10-11,15H,3-9,12-13,20H2,1-2H3. The maximum Gasteiger partial charge on any atom is 0.227 e. The molecule has 0 aromatic heterocycles. The average molecular weight is 347 g/mol. The van der Waals surface area contributed by atoms with Crippen LogP contribution in [0, 0.1) is 5.92 Å². The average Bonchev–Trinajstić information content (AvgIpc) is 2.66. The molecule has 2 aliphatic heterocycles. The zero-order valence-electron chi connectivity index (χ0n) is 15.3. The number of benzene rings is 1. The highest BCUT2D eigenvalue weighted by molar-refractivity contribution is 5.79. The number of carbonyl (C=O) groups excluding carboxylic acids is 1. The van der Waals surface area contributed by atoms with Crippen molar-refractivity contribution < 1.29 is 14.3 Å². The van der Waals surface area contributed by atoms with Gasteiger partial charge >= 0.3 is 0 Å². The first-order valence-corrected chi connectivity index (χ1v) is 9.11. The summed E-state index contributed by atoms with van der Waals surface area (Å²) in [5.74, 6) is 1.86. The summed E-state index contributed by atoms with van der Waals surface area (Å²) in [6.07, 6.45) is 2.92. The zero-order chi connectivity index (χ0) is 17.8. The number of nitrogens with two attached hydrogens (primary N) is 1. The summed E-state index contributed by atoms with van der Waals surface area (Å²) >= 11 is 0. The summed E-state index contributed by atoms with van der Waals surface area (Å²) in [4.78, 5) is 17.3. The molecule has 6 nitrogen and oxygen atoms in total. The molecule has 1 fully saturated rings. The summed E-state index contributed by atoms with van der Waals surface area (Å²) in [5, 5.41) is 0. The molecule has 1 atom stereocenters. The third-order valence-electron chi connectivity index (χ3n) is 5.33. The third kappa shape index (κ3) is 3.90. The van der Waals surface area contributed by atoms with Crippen molar-refractivity contribution in [3.05, 3.63) is 23.3 Å². The fourth-order valence-corrected chi connectivity index (χ4v) is 3.97. The minimum absolute atomic E-state index is 0.0991. The molecule has 0 spiro atoms. The number of hydrogen-bond donors (Lipinski definition) is 1. The Kier molecular flexibility index (Phi) is 5.81. The summed E-state index contributed by atoms with van der Waals surface area (Å²) in [7, 11) is 3.29. The number of carbonyl (C=O) groups is 1. The first kappa shape index (κ1) is 18.0. The van der Waals surface area contributed by atoms with Crippen molar-refractivity contribution in [3.63, 3.8) is 0 Å². The van der Waals surface area contributed by atoms with E-state index in [4.69, 9.17) is 15.2 Å². The second-order valence-corrected chi connectivity index (χ2v) is 6.91. The summed E-state index contributed by atoms with van der Waals surface area (Å²) in [6.45, 7) is 4.85. The molecule has 1 amide bonds. The number of methoxy groups -OCH3 is 2. The van der Waals surface area contributed by atoms with E-state index >= 15 is 0 Å². The predicted molar refractivity (Wildman–Crippen MR) is 96.9 cm³/mol. The first-order chi connectivity index (χ1) is 12.2. The quantitative estimate of drug-likeness (QED) is 0.868. The van der Waals surface area contributed by atoms with E-state index in [1.165, 1.54) is 5.56 Å². The molecule has 1 saturated heterocycles. The molecule has 6 heteroatoms. The second-order valence-electron chi connectivity index (χ2n) is 6.91. The first-order valence-electron chi connectivity index (χ1n) is 9.11. The van der Waals surface area contributed by atoms with Gasteiger partial charge in [0.2, 0.25) is 5.91 Å². The Balaban J connectivity index is 1.70. The summed E-state index contributed by atoms with van der Waals surface area (Å²) in [6, 6.07) is 4.05. The lowest BCUT2D eigenvalue weighted by Gasteiger charge is -2.36. The lowest BCUT2D eigenvalue weighted by molar-refractivity contribution is -0.138. The Morgan fingerprint density at radius 3 is 2.60 bits per heavy atom. The predicted octanol–water partition coefficient (Wildman–Crippen LogP) is 1.26. The molecule has 25 heavy (non-hydrogen) atoms. The second kappa shape index (κ2) is 8.06. The molecular weight excluding hydrogens is 318 g/mol. The van der Waals surface area contributed by atoms with Crippen LogP contribution in [0.1, 0.15) is 24.0 Å². The van der Waals surface area contributed by atoms with Gasteiger partial charge in [-0.1, -0.05) is 0 Å². The van der Waals surface area contributed by atoms with E-state index in [2.05, 4.69) is 4.90 Å². The van der Waals surface area contributed by atoms with Crippen molar-refractivity contribution in [3.8, 4) is 11.5 Å². The van der Waals surface area contributed by atoms with Gasteiger partial charge in [0.1, 0.15) is 0 Å². The SMILES string of the molecule is COc1cc2c(cc1OC)CN(C(=O)C1CCCN(CCN)C1)CC2. The van der Waals surface area contributed by atoms with Crippen molar-refractivity contribution in [1.82, 2.24) is 9.80 Å². The van der Waals surface area contributed by atoms with E-state index in [1.54, 1.807) is 14.2 Å². The van der Waals surface area contributed by atoms with Crippen molar-refractivity contribution in [2.75, 3.05) is 46.9 Å². The van der Waals surface area contributed by atoms with Crippen molar-refractivity contribution in [1.29, 1.82) is 0 Å². The van der Waals surface area contributed by atoms with E-state index in [9.17, 15) is 4.79 Å². The molecular formula is C19H29N3O3. The molecule has 0 bridgehead atoms. The number of nitrogens with zero attached hydrogens (tertiary/aromatic N) is 2. The lowest BCUT2D eigenvalue weighted by atomic mass is 9.93. The molecule has 2 aliphatic rings. The van der Waals surface area contributed by atoms with Gasteiger partial charge in [0, 0.05) is 32.7 Å². The van der Waals surface area contributed by atoms with Gasteiger partial charge in [-0.15, -0.1) is 0 Å². The van der Waals surface area contributed by atoms with E-state index < -0.39 is 0 Å². The number of fused-ring (bicyclic) bond motifs is 1. The Labute approximate surface area is 149 Å². The van der Waals surface area contributed by atoms with Crippen molar-refractivity contribution in [2.24, 2.45) is 11.7 Å². The van der Waals surface area contributed by atoms with Gasteiger partial charge in [0.25, 0.3) is 0 Å². The molecule has 2 N–H and O–H groups in total. The zero-order valence-corrected chi connectivity index (χ0v) is 15.3. The van der Waals surface area contributed by atoms with Crippen molar-refractivity contribution in [2.45, 2.75) is 25.8 Å². The van der Waals surface area contributed by atoms with Gasteiger partial charge in [-0.25, -0.2) is 0 Å². The monoisotopic (exact) mass is 347 g/mol. The molecule has 2 heterocycles. The minimum Gasteiger partial charge on any atom is -0.493 e. The van der Waals surface area contributed by atoms with Gasteiger partial charge < -0.3 is 25.0 Å². The number of likely N-dealkylation sites (tertiary alicyclic amines) is 1. The van der Waals surface area contributed by atoms with Gasteiger partial charge in [-0.2, -0.15) is 0 Å². The molecule has 0 radical (unpaired) electrons. The smallest absolute Gasteiger partial charge is 0.227 e. The van der Waals surface area contributed by atoms with Gasteiger partial charge in [0.15, 0.2) is 11.5 Å². The summed E-state index contributed by atoms with van der Waals surface area (Å²) in [5.41, 5.74) is 8.07. The molecule has 138 valence electrons. The number of hydrogen-bond acceptors (Lipinski definition) is 5. The normalized spacial score (nSPS) is 20.9. The molecule has 1 unspecified atom stereocenters. The van der Waals surface area contributed by atoms with Crippen molar-refractivity contribution >= 4 is 5.91 Å². The largest absolute Gasteiger partial charge is 0.493 e. The Morgan fingerprint density at radius 2 is 1.92 bits per heavy atom. The van der Waals surface area contributed by atoms with E-state index in [0.29, 0.717) is 13.1 Å². The van der Waals surface area contributed by atoms with E-state index in [0.717, 1.165) is 62.5 Å². The number of piperidine rings is 1. The molecule has 0 saturated carbocycles. The number of amides is 1. The fourth-order valence-electron chi connectivity index (χ4n) is 3.97. The highest BCUT2D eigenvalue weighted by Crippen LogP contribution is 2.33. The van der Waals surface area contributed by atoms with Crippen LogP contribution in [0.2, 0.25) is 0 Å². The van der Waals surface area contributed by atoms with Gasteiger partial charge in [-0.3, -0.25) is 4.79 Å². The third-order valence-corrected chi connectivity index (χ3v) is 5.33. The number of ether oxygens (including phenoxy) is 2. The van der Waals surface area contributed by atoms with Crippen LogP contribution in [-0.4, -0.2) is 62.7 Å². The van der Waals surface area contributed by atoms with Crippen LogP contribution in [-0.2, 0) is 17.8 Å². The Morgan fingerprint density at radius 1 is 1.20 bits per heavy atom. The Bertz CT molecular complexity index is 618. The van der Waals surface area contributed by atoms with Crippen LogP contribution in [0.3, 0.4) is 0 Å². The molecule has 1 aromatic rings. The highest BCUT2D eigenvalue weighted by atomic mass is 16.5.